The van der Waals surface area contributed by atoms with E-state index in [1.54, 1.807) is 0 Å². The summed E-state index contributed by atoms with van der Waals surface area (Å²) in [5, 5.41) is 2.38. The van der Waals surface area contributed by atoms with Crippen LogP contribution in [0.4, 0.5) is 0 Å². The molecule has 1 aliphatic heterocycles. The summed E-state index contributed by atoms with van der Waals surface area (Å²) in [6, 6.07) is 12.6. The molecule has 2 aromatic rings. The molecule has 1 fully saturated rings. The number of piperidine rings is 1. The van der Waals surface area contributed by atoms with Gasteiger partial charge in [-0.1, -0.05) is 49.7 Å². The first kappa shape index (κ1) is 16.2. The van der Waals surface area contributed by atoms with Crippen LogP contribution in [0.25, 0.3) is 10.8 Å². The summed E-state index contributed by atoms with van der Waals surface area (Å²) < 4.78 is 0. The lowest BCUT2D eigenvalue weighted by Gasteiger charge is -2.33. The zero-order valence-electron chi connectivity index (χ0n) is 14.5. The summed E-state index contributed by atoms with van der Waals surface area (Å²) in [5.41, 5.74) is 2.13. The summed E-state index contributed by atoms with van der Waals surface area (Å²) in [7, 11) is 0. The largest absolute Gasteiger partial charge is 0.302 e. The smallest absolute Gasteiger partial charge is 0.167 e. The normalized spacial score (nSPS) is 19.4. The van der Waals surface area contributed by atoms with Crippen LogP contribution in [0.2, 0.25) is 0 Å². The third kappa shape index (κ3) is 3.81. The van der Waals surface area contributed by atoms with Crippen molar-refractivity contribution in [2.24, 2.45) is 11.8 Å². The number of carbonyl (C=O) groups excluding carboxylic acids is 1. The van der Waals surface area contributed by atoms with Gasteiger partial charge in [-0.3, -0.25) is 4.79 Å². The molecule has 0 saturated carbocycles. The number of nitrogens with zero attached hydrogens (tertiary/aromatic N) is 1. The Morgan fingerprint density at radius 1 is 1.17 bits per heavy atom. The van der Waals surface area contributed by atoms with E-state index in [2.05, 4.69) is 56.0 Å². The Bertz CT molecular complexity index is 704. The predicted molar refractivity (Wildman–Crippen MR) is 97.0 cm³/mol. The predicted octanol–water partition coefficient (Wildman–Crippen LogP) is 4.70. The highest BCUT2D eigenvalue weighted by Gasteiger charge is 2.26. The fraction of sp³-hybridized carbons (Fsp3) is 0.476. The van der Waals surface area contributed by atoms with Crippen LogP contribution in [0.15, 0.2) is 36.4 Å². The second-order valence-corrected chi connectivity index (χ2v) is 7.42. The number of hydrogen-bond acceptors (Lipinski definition) is 2. The van der Waals surface area contributed by atoms with Gasteiger partial charge in [-0.25, -0.2) is 0 Å². The maximum Gasteiger partial charge on any atom is 0.167 e. The average Bonchev–Trinajstić information content (AvgIpc) is 2.53. The van der Waals surface area contributed by atoms with Gasteiger partial charge in [-0.2, -0.15) is 0 Å². The molecular weight excluding hydrogens is 282 g/mol. The van der Waals surface area contributed by atoms with E-state index in [0.717, 1.165) is 43.4 Å². The molecule has 2 nitrogen and oxygen atoms in total. The minimum absolute atomic E-state index is 0.158. The quantitative estimate of drug-likeness (QED) is 0.763. The van der Waals surface area contributed by atoms with E-state index in [1.807, 2.05) is 6.07 Å². The summed E-state index contributed by atoms with van der Waals surface area (Å²) in [5.74, 6) is 1.14. The van der Waals surface area contributed by atoms with E-state index in [0.29, 0.717) is 11.7 Å². The number of ketones is 1. The molecule has 1 aliphatic rings. The Balaban J connectivity index is 1.78. The van der Waals surface area contributed by atoms with Crippen LogP contribution in [-0.4, -0.2) is 30.3 Å². The summed E-state index contributed by atoms with van der Waals surface area (Å²) >= 11 is 0. The number of likely N-dealkylation sites (tertiary alicyclic amines) is 1. The number of fused-ring (bicyclic) bond motifs is 1. The van der Waals surface area contributed by atoms with Gasteiger partial charge in [-0.15, -0.1) is 0 Å². The molecule has 0 radical (unpaired) electrons. The Morgan fingerprint density at radius 3 is 2.70 bits per heavy atom. The fourth-order valence-corrected chi connectivity index (χ4v) is 3.71. The van der Waals surface area contributed by atoms with E-state index in [9.17, 15) is 4.79 Å². The van der Waals surface area contributed by atoms with Gasteiger partial charge in [-0.05, 0) is 49.1 Å². The molecule has 1 atom stereocenters. The monoisotopic (exact) mass is 309 g/mol. The molecule has 23 heavy (non-hydrogen) atoms. The molecule has 1 heterocycles. The van der Waals surface area contributed by atoms with Crippen molar-refractivity contribution in [3.63, 3.8) is 0 Å². The number of hydrogen-bond donors (Lipinski definition) is 0. The van der Waals surface area contributed by atoms with Crippen molar-refractivity contribution in [2.75, 3.05) is 19.6 Å². The first-order chi connectivity index (χ1) is 11.0. The first-order valence-corrected chi connectivity index (χ1v) is 8.80. The maximum atomic E-state index is 12.9. The van der Waals surface area contributed by atoms with Crippen molar-refractivity contribution in [3.05, 3.63) is 47.5 Å². The van der Waals surface area contributed by atoms with Crippen LogP contribution >= 0.6 is 0 Å². The van der Waals surface area contributed by atoms with Crippen molar-refractivity contribution >= 4 is 16.6 Å². The van der Waals surface area contributed by atoms with Gasteiger partial charge in [0.15, 0.2) is 5.78 Å². The van der Waals surface area contributed by atoms with Gasteiger partial charge in [0.05, 0.1) is 0 Å². The highest BCUT2D eigenvalue weighted by Crippen LogP contribution is 2.24. The van der Waals surface area contributed by atoms with Gasteiger partial charge in [0.1, 0.15) is 0 Å². The summed E-state index contributed by atoms with van der Waals surface area (Å²) in [6.45, 7) is 9.75. The lowest BCUT2D eigenvalue weighted by Crippen LogP contribution is -2.40. The van der Waals surface area contributed by atoms with Crippen molar-refractivity contribution in [1.82, 2.24) is 4.90 Å². The highest BCUT2D eigenvalue weighted by atomic mass is 16.1. The zero-order chi connectivity index (χ0) is 16.4. The fourth-order valence-electron chi connectivity index (χ4n) is 3.71. The number of Topliss-reactive ketones (excluding diaryl/α,β-unsaturated/α-hetero) is 1. The SMILES string of the molecule is Cc1ccc2cc(C(=O)C3CCCN(CC(C)C)C3)ccc2c1. The van der Waals surface area contributed by atoms with Crippen LogP contribution in [-0.2, 0) is 0 Å². The summed E-state index contributed by atoms with van der Waals surface area (Å²) in [6.07, 6.45) is 2.16. The minimum Gasteiger partial charge on any atom is -0.302 e. The minimum atomic E-state index is 0.158. The van der Waals surface area contributed by atoms with E-state index in [1.165, 1.54) is 10.9 Å². The second-order valence-electron chi connectivity index (χ2n) is 7.42. The molecule has 122 valence electrons. The molecule has 0 bridgehead atoms. The molecule has 0 N–H and O–H groups in total. The maximum absolute atomic E-state index is 12.9. The van der Waals surface area contributed by atoms with E-state index < -0.39 is 0 Å². The van der Waals surface area contributed by atoms with Crippen molar-refractivity contribution in [1.29, 1.82) is 0 Å². The zero-order valence-corrected chi connectivity index (χ0v) is 14.5. The van der Waals surface area contributed by atoms with Gasteiger partial charge < -0.3 is 4.90 Å². The second kappa shape index (κ2) is 6.84. The van der Waals surface area contributed by atoms with Gasteiger partial charge in [0, 0.05) is 24.6 Å². The van der Waals surface area contributed by atoms with Crippen LogP contribution in [0, 0.1) is 18.8 Å². The molecule has 0 aliphatic carbocycles. The topological polar surface area (TPSA) is 20.3 Å². The highest BCUT2D eigenvalue weighted by molar-refractivity contribution is 6.01. The van der Waals surface area contributed by atoms with Crippen LogP contribution in [0.1, 0.15) is 42.6 Å². The van der Waals surface area contributed by atoms with E-state index in [4.69, 9.17) is 0 Å². The van der Waals surface area contributed by atoms with Gasteiger partial charge in [0.25, 0.3) is 0 Å². The molecule has 0 aromatic heterocycles. The van der Waals surface area contributed by atoms with Gasteiger partial charge >= 0.3 is 0 Å². The Kier molecular flexibility index (Phi) is 4.82. The van der Waals surface area contributed by atoms with Crippen LogP contribution in [0.5, 0.6) is 0 Å². The molecule has 2 heteroatoms. The molecule has 0 amide bonds. The van der Waals surface area contributed by atoms with Gasteiger partial charge in [0.2, 0.25) is 0 Å². The molecule has 1 saturated heterocycles. The van der Waals surface area contributed by atoms with Crippen molar-refractivity contribution in [3.8, 4) is 0 Å². The standard InChI is InChI=1S/C21H27NO/c1-15(2)13-22-10-4-5-20(14-22)21(23)19-9-8-17-11-16(3)6-7-18(17)12-19/h6-9,11-12,15,20H,4-5,10,13-14H2,1-3H3. The molecule has 3 rings (SSSR count). The molecule has 0 spiro atoms. The Hall–Kier alpha value is -1.67. The average molecular weight is 309 g/mol. The lowest BCUT2D eigenvalue weighted by molar-refractivity contribution is 0.0806. The molecule has 1 unspecified atom stereocenters. The Labute approximate surface area is 139 Å². The number of aryl methyl sites for hydroxylation is 1. The molecule has 2 aromatic carbocycles. The number of benzene rings is 2. The first-order valence-electron chi connectivity index (χ1n) is 8.80. The van der Waals surface area contributed by atoms with Crippen LogP contribution < -0.4 is 0 Å². The van der Waals surface area contributed by atoms with E-state index >= 15 is 0 Å². The van der Waals surface area contributed by atoms with E-state index in [-0.39, 0.29) is 5.92 Å². The Morgan fingerprint density at radius 2 is 1.91 bits per heavy atom. The third-order valence-corrected chi connectivity index (χ3v) is 4.78. The third-order valence-electron chi connectivity index (χ3n) is 4.78. The van der Waals surface area contributed by atoms with Crippen molar-refractivity contribution < 1.29 is 4.79 Å². The molecular formula is C21H27NO. The number of rotatable bonds is 4. The van der Waals surface area contributed by atoms with Crippen LogP contribution in [0.3, 0.4) is 0 Å². The lowest BCUT2D eigenvalue weighted by atomic mass is 9.89. The summed E-state index contributed by atoms with van der Waals surface area (Å²) in [4.78, 5) is 15.4. The number of carbonyl (C=O) groups is 1. The van der Waals surface area contributed by atoms with Crippen molar-refractivity contribution in [2.45, 2.75) is 33.6 Å².